The number of rotatable bonds is 1. The summed E-state index contributed by atoms with van der Waals surface area (Å²) in [4.78, 5) is 0. The van der Waals surface area contributed by atoms with Crippen molar-refractivity contribution < 1.29 is 9.47 Å². The van der Waals surface area contributed by atoms with Crippen LogP contribution >= 0.6 is 0 Å². The van der Waals surface area contributed by atoms with Gasteiger partial charge >= 0.3 is 0 Å². The molecule has 0 radical (unpaired) electrons. The maximum Gasteiger partial charge on any atom is 0.168 e. The first-order chi connectivity index (χ1) is 9.93. The summed E-state index contributed by atoms with van der Waals surface area (Å²) in [6.07, 6.45) is 11.6. The first-order valence-electron chi connectivity index (χ1n) is 8.39. The van der Waals surface area contributed by atoms with Crippen LogP contribution in [-0.2, 0) is 9.47 Å². The Morgan fingerprint density at radius 2 is 1.95 bits per heavy atom. The zero-order valence-corrected chi connectivity index (χ0v) is 14.7. The Morgan fingerprint density at radius 1 is 1.19 bits per heavy atom. The highest BCUT2D eigenvalue weighted by Gasteiger charge is 2.51. The molecular weight excluding hydrogens is 276 g/mol. The largest absolute Gasteiger partial charge is 0.348 e. The molecule has 0 amide bonds. The van der Waals surface area contributed by atoms with Gasteiger partial charge in [-0.3, -0.25) is 0 Å². The Hall–Kier alpha value is -0.563. The van der Waals surface area contributed by atoms with E-state index < -0.39 is 8.07 Å². The summed E-state index contributed by atoms with van der Waals surface area (Å²) < 4.78 is 11.9. The molecule has 2 fully saturated rings. The fraction of sp³-hybridized carbons (Fsp3) is 0.778. The Kier molecular flexibility index (Phi) is 4.07. The van der Waals surface area contributed by atoms with Crippen LogP contribution in [0.1, 0.15) is 38.5 Å². The van der Waals surface area contributed by atoms with E-state index in [1.54, 1.807) is 0 Å². The van der Waals surface area contributed by atoms with E-state index in [2.05, 4.69) is 43.3 Å². The van der Waals surface area contributed by atoms with Crippen LogP contribution in [0, 0.1) is 22.8 Å². The molecule has 0 aromatic carbocycles. The van der Waals surface area contributed by atoms with Gasteiger partial charge < -0.3 is 9.47 Å². The first kappa shape index (κ1) is 15.3. The molecule has 21 heavy (non-hydrogen) atoms. The minimum absolute atomic E-state index is 0.258. The lowest BCUT2D eigenvalue weighted by Crippen LogP contribution is -2.46. The molecule has 3 aliphatic rings. The maximum atomic E-state index is 5.96. The van der Waals surface area contributed by atoms with E-state index in [1.165, 1.54) is 12.8 Å². The molecule has 0 N–H and O–H groups in total. The maximum absolute atomic E-state index is 5.96. The third-order valence-electron chi connectivity index (χ3n) is 5.17. The van der Waals surface area contributed by atoms with Crippen LogP contribution in [0.2, 0.25) is 19.6 Å². The zero-order valence-electron chi connectivity index (χ0n) is 13.7. The number of hydrogen-bond donors (Lipinski definition) is 0. The van der Waals surface area contributed by atoms with Crippen molar-refractivity contribution in [3.63, 3.8) is 0 Å². The van der Waals surface area contributed by atoms with E-state index in [0.29, 0.717) is 5.92 Å². The van der Waals surface area contributed by atoms with Crippen molar-refractivity contribution in [3.05, 3.63) is 12.2 Å². The van der Waals surface area contributed by atoms with Gasteiger partial charge in [0.15, 0.2) is 5.79 Å². The molecule has 116 valence electrons. The Labute approximate surface area is 130 Å². The van der Waals surface area contributed by atoms with Crippen LogP contribution in [0.25, 0.3) is 0 Å². The lowest BCUT2D eigenvalue weighted by Gasteiger charge is -2.49. The van der Waals surface area contributed by atoms with Crippen LogP contribution in [0.5, 0.6) is 0 Å². The third-order valence-corrected chi connectivity index (χ3v) is 6.09. The van der Waals surface area contributed by atoms with Gasteiger partial charge in [-0.25, -0.2) is 0 Å². The smallest absolute Gasteiger partial charge is 0.168 e. The summed E-state index contributed by atoms with van der Waals surface area (Å²) in [5, 5.41) is 0. The lowest BCUT2D eigenvalue weighted by atomic mass is 9.59. The van der Waals surface area contributed by atoms with Crippen molar-refractivity contribution in [1.82, 2.24) is 0 Å². The van der Waals surface area contributed by atoms with E-state index in [-0.39, 0.29) is 11.2 Å². The zero-order chi connectivity index (χ0) is 15.0. The fourth-order valence-corrected chi connectivity index (χ4v) is 4.68. The summed E-state index contributed by atoms with van der Waals surface area (Å²) in [6.45, 7) is 8.50. The molecule has 1 saturated heterocycles. The van der Waals surface area contributed by atoms with Gasteiger partial charge in [0.05, 0.1) is 13.2 Å². The Morgan fingerprint density at radius 3 is 2.67 bits per heavy atom. The molecule has 1 heterocycles. The molecule has 0 unspecified atom stereocenters. The van der Waals surface area contributed by atoms with Gasteiger partial charge in [-0.15, -0.1) is 11.5 Å². The van der Waals surface area contributed by atoms with E-state index in [0.717, 1.165) is 38.9 Å². The van der Waals surface area contributed by atoms with Crippen LogP contribution in [0.3, 0.4) is 0 Å². The van der Waals surface area contributed by atoms with Crippen molar-refractivity contribution in [3.8, 4) is 11.5 Å². The molecule has 1 saturated carbocycles. The number of allylic oxidation sites excluding steroid dienone is 2. The van der Waals surface area contributed by atoms with Gasteiger partial charge in [0.1, 0.15) is 8.07 Å². The SMILES string of the molecule is C[Si](C)(C)C#CC[C@@]12C=CCC[C@@H]1CC1(CC2)OCCO1. The van der Waals surface area contributed by atoms with Crippen molar-refractivity contribution in [2.24, 2.45) is 11.3 Å². The van der Waals surface area contributed by atoms with E-state index >= 15 is 0 Å². The predicted molar refractivity (Wildman–Crippen MR) is 88.5 cm³/mol. The minimum atomic E-state index is -1.27. The van der Waals surface area contributed by atoms with Crippen LogP contribution in [0.4, 0.5) is 0 Å². The highest BCUT2D eigenvalue weighted by Crippen LogP contribution is 2.54. The van der Waals surface area contributed by atoms with Crippen molar-refractivity contribution >= 4 is 8.07 Å². The van der Waals surface area contributed by atoms with Crippen LogP contribution < -0.4 is 0 Å². The first-order valence-corrected chi connectivity index (χ1v) is 11.9. The molecule has 0 bridgehead atoms. The summed E-state index contributed by atoms with van der Waals surface area (Å²) in [6, 6.07) is 0. The Bertz CT molecular complexity index is 474. The van der Waals surface area contributed by atoms with Gasteiger partial charge in [0.2, 0.25) is 0 Å². The molecule has 2 atom stereocenters. The van der Waals surface area contributed by atoms with Gasteiger partial charge in [-0.05, 0) is 25.2 Å². The highest BCUT2D eigenvalue weighted by molar-refractivity contribution is 6.83. The normalized spacial score (nSPS) is 34.3. The van der Waals surface area contributed by atoms with Crippen LogP contribution in [-0.4, -0.2) is 27.1 Å². The topological polar surface area (TPSA) is 18.5 Å². The summed E-state index contributed by atoms with van der Waals surface area (Å²) in [7, 11) is -1.27. The molecule has 2 nitrogen and oxygen atoms in total. The van der Waals surface area contributed by atoms with Gasteiger partial charge in [0, 0.05) is 24.7 Å². The monoisotopic (exact) mass is 304 g/mol. The number of fused-ring (bicyclic) bond motifs is 1. The highest BCUT2D eigenvalue weighted by atomic mass is 28.3. The van der Waals surface area contributed by atoms with Crippen LogP contribution in [0.15, 0.2) is 12.2 Å². The predicted octanol–water partition coefficient (Wildman–Crippen LogP) is 4.14. The van der Waals surface area contributed by atoms with Gasteiger partial charge in [0.25, 0.3) is 0 Å². The number of hydrogen-bond acceptors (Lipinski definition) is 2. The molecule has 2 aliphatic carbocycles. The average Bonchev–Trinajstić information content (AvgIpc) is 2.86. The molecular formula is C18H28O2Si. The number of ether oxygens (including phenoxy) is 2. The molecule has 3 heteroatoms. The second-order valence-corrected chi connectivity index (χ2v) is 12.7. The summed E-state index contributed by atoms with van der Waals surface area (Å²) in [5.41, 5.74) is 3.83. The summed E-state index contributed by atoms with van der Waals surface area (Å²) in [5.74, 6) is 3.96. The third kappa shape index (κ3) is 3.28. The second kappa shape index (κ2) is 5.57. The van der Waals surface area contributed by atoms with E-state index in [1.807, 2.05) is 0 Å². The molecule has 0 aromatic heterocycles. The lowest BCUT2D eigenvalue weighted by molar-refractivity contribution is -0.203. The van der Waals surface area contributed by atoms with E-state index in [9.17, 15) is 0 Å². The molecule has 1 aliphatic heterocycles. The molecule has 1 spiro atoms. The van der Waals surface area contributed by atoms with Gasteiger partial charge in [-0.1, -0.05) is 31.8 Å². The molecule has 3 rings (SSSR count). The Balaban J connectivity index is 1.77. The van der Waals surface area contributed by atoms with Crippen molar-refractivity contribution in [1.29, 1.82) is 0 Å². The summed E-state index contributed by atoms with van der Waals surface area (Å²) >= 11 is 0. The second-order valence-electron chi connectivity index (χ2n) is 7.95. The van der Waals surface area contributed by atoms with Gasteiger partial charge in [-0.2, -0.15) is 0 Å². The van der Waals surface area contributed by atoms with Crippen molar-refractivity contribution in [2.75, 3.05) is 13.2 Å². The standard InChI is InChI=1S/C18H28O2Si/c1-21(2,3)14-6-9-17-8-5-4-7-16(17)15-18(11-10-17)19-12-13-20-18/h5,8,16H,4,7,9-13,15H2,1-3H3/t16-,17-/m1/s1. The van der Waals surface area contributed by atoms with E-state index in [4.69, 9.17) is 9.47 Å². The minimum Gasteiger partial charge on any atom is -0.348 e. The molecule has 0 aromatic rings. The average molecular weight is 305 g/mol. The quantitative estimate of drug-likeness (QED) is 0.412. The van der Waals surface area contributed by atoms with Crippen molar-refractivity contribution in [2.45, 2.75) is 64.0 Å². The fourth-order valence-electron chi connectivity index (χ4n) is 4.06.